The Hall–Kier alpha value is -4.94. The van der Waals surface area contributed by atoms with Gasteiger partial charge in [-0.3, -0.25) is 4.79 Å². The molecule has 4 rings (SSSR count). The van der Waals surface area contributed by atoms with Crippen molar-refractivity contribution in [1.82, 2.24) is 30.7 Å². The third-order valence-corrected chi connectivity index (χ3v) is 4.59. The number of nitrogens with one attached hydrogen (secondary N) is 1. The first-order valence-corrected chi connectivity index (χ1v) is 9.99. The molecule has 34 heavy (non-hydrogen) atoms. The number of hydrogen-bond acceptors (Lipinski definition) is 11. The van der Waals surface area contributed by atoms with E-state index >= 15 is 0 Å². The summed E-state index contributed by atoms with van der Waals surface area (Å²) in [4.78, 5) is 12.9. The average molecular weight is 464 g/mol. The number of hydrazone groups is 1. The monoisotopic (exact) mass is 464 g/mol. The largest absolute Gasteiger partial charge is 0.504 e. The van der Waals surface area contributed by atoms with Crippen molar-refractivity contribution in [3.63, 3.8) is 0 Å². The van der Waals surface area contributed by atoms with Gasteiger partial charge in [-0.2, -0.15) is 9.78 Å². The first kappa shape index (κ1) is 22.3. The smallest absolute Gasteiger partial charge is 0.294 e. The van der Waals surface area contributed by atoms with Gasteiger partial charge in [0.2, 0.25) is 11.6 Å². The number of nitrogens with two attached hydrogens (primary N) is 1. The van der Waals surface area contributed by atoms with Crippen LogP contribution >= 0.6 is 0 Å². The summed E-state index contributed by atoms with van der Waals surface area (Å²) in [5.41, 5.74) is 9.61. The van der Waals surface area contributed by atoms with Crippen molar-refractivity contribution in [1.29, 1.82) is 0 Å². The average Bonchev–Trinajstić information content (AvgIpc) is 3.47. The van der Waals surface area contributed by atoms with Gasteiger partial charge in [-0.1, -0.05) is 17.3 Å². The molecule has 2 heterocycles. The van der Waals surface area contributed by atoms with Gasteiger partial charge in [0.1, 0.15) is 11.4 Å². The number of amides is 1. The number of phenols is 1. The standard InChI is InChI=1S/C21H20N8O5/c1-3-33-16-9-12(7-8-15(16)30)11-23-25-21(31)17-18(13-5-4-6-14(10-13)32-2)29(28-24-17)20-19(22)26-34-27-20/h4-11,30H,3H2,1-2H3,(H2,22,26)(H,25,31). The van der Waals surface area contributed by atoms with E-state index in [1.807, 2.05) is 0 Å². The lowest BCUT2D eigenvalue weighted by Gasteiger charge is -2.07. The lowest BCUT2D eigenvalue weighted by Crippen LogP contribution is -2.19. The van der Waals surface area contributed by atoms with Crippen LogP contribution in [0.15, 0.2) is 52.2 Å². The van der Waals surface area contributed by atoms with E-state index in [2.05, 4.69) is 35.8 Å². The highest BCUT2D eigenvalue weighted by Gasteiger charge is 2.25. The van der Waals surface area contributed by atoms with Crippen molar-refractivity contribution < 1.29 is 24.0 Å². The second-order valence-electron chi connectivity index (χ2n) is 6.76. The molecule has 0 bridgehead atoms. The van der Waals surface area contributed by atoms with Crippen LogP contribution in [0.25, 0.3) is 17.1 Å². The molecular formula is C21H20N8O5. The Bertz CT molecular complexity index is 1350. The van der Waals surface area contributed by atoms with Crippen LogP contribution in [0.3, 0.4) is 0 Å². The lowest BCUT2D eigenvalue weighted by atomic mass is 10.1. The number of carbonyl (C=O) groups excluding carboxylic acids is 1. The van der Waals surface area contributed by atoms with Gasteiger partial charge in [0.15, 0.2) is 17.2 Å². The molecule has 174 valence electrons. The van der Waals surface area contributed by atoms with E-state index in [9.17, 15) is 9.90 Å². The predicted octanol–water partition coefficient (Wildman–Crippen LogP) is 1.78. The van der Waals surface area contributed by atoms with E-state index in [-0.39, 0.29) is 28.8 Å². The zero-order chi connectivity index (χ0) is 24.1. The number of anilines is 1. The summed E-state index contributed by atoms with van der Waals surface area (Å²) < 4.78 is 16.5. The van der Waals surface area contributed by atoms with Gasteiger partial charge in [-0.25, -0.2) is 10.1 Å². The maximum Gasteiger partial charge on any atom is 0.294 e. The van der Waals surface area contributed by atoms with Crippen LogP contribution in [-0.2, 0) is 0 Å². The molecule has 0 saturated carbocycles. The molecule has 0 radical (unpaired) electrons. The highest BCUT2D eigenvalue weighted by Crippen LogP contribution is 2.29. The molecule has 0 aliphatic rings. The van der Waals surface area contributed by atoms with Crippen LogP contribution in [0.2, 0.25) is 0 Å². The molecule has 4 aromatic rings. The quantitative estimate of drug-likeness (QED) is 0.257. The SMILES string of the molecule is CCOc1cc(C=NNC(=O)c2nnn(-c3nonc3N)c2-c2cccc(OC)c2)ccc1O. The van der Waals surface area contributed by atoms with E-state index in [4.69, 9.17) is 15.2 Å². The van der Waals surface area contributed by atoms with Crippen LogP contribution < -0.4 is 20.6 Å². The number of nitrogens with zero attached hydrogens (tertiary/aromatic N) is 6. The van der Waals surface area contributed by atoms with E-state index < -0.39 is 5.91 Å². The highest BCUT2D eigenvalue weighted by atomic mass is 16.6. The van der Waals surface area contributed by atoms with Crippen molar-refractivity contribution >= 4 is 17.9 Å². The van der Waals surface area contributed by atoms with Crippen molar-refractivity contribution in [2.75, 3.05) is 19.5 Å². The number of rotatable bonds is 8. The molecule has 1 amide bonds. The fraction of sp³-hybridized carbons (Fsp3) is 0.143. The fourth-order valence-electron chi connectivity index (χ4n) is 3.05. The summed E-state index contributed by atoms with van der Waals surface area (Å²) in [5, 5.41) is 29.1. The molecule has 0 aliphatic carbocycles. The lowest BCUT2D eigenvalue weighted by molar-refractivity contribution is 0.0950. The molecule has 2 aromatic carbocycles. The number of nitrogen functional groups attached to an aromatic ring is 1. The minimum absolute atomic E-state index is 0.00389. The molecule has 0 saturated heterocycles. The number of benzene rings is 2. The molecule has 0 spiro atoms. The summed E-state index contributed by atoms with van der Waals surface area (Å²) >= 11 is 0. The van der Waals surface area contributed by atoms with Crippen molar-refractivity contribution in [3.8, 4) is 34.3 Å². The summed E-state index contributed by atoms with van der Waals surface area (Å²) in [6.07, 6.45) is 1.40. The summed E-state index contributed by atoms with van der Waals surface area (Å²) in [6.45, 7) is 2.19. The summed E-state index contributed by atoms with van der Waals surface area (Å²) in [5.74, 6) is 0.262. The zero-order valence-corrected chi connectivity index (χ0v) is 18.2. The number of aromatic hydroxyl groups is 1. The van der Waals surface area contributed by atoms with Crippen LogP contribution in [0, 0.1) is 0 Å². The molecule has 0 unspecified atom stereocenters. The summed E-state index contributed by atoms with van der Waals surface area (Å²) in [7, 11) is 1.52. The Morgan fingerprint density at radius 1 is 1.29 bits per heavy atom. The van der Waals surface area contributed by atoms with Gasteiger partial charge in [-0.05, 0) is 53.1 Å². The minimum atomic E-state index is -0.640. The number of ether oxygens (including phenoxy) is 2. The summed E-state index contributed by atoms with van der Waals surface area (Å²) in [6, 6.07) is 11.6. The number of hydrogen-bond donors (Lipinski definition) is 3. The highest BCUT2D eigenvalue weighted by molar-refractivity contribution is 5.99. The van der Waals surface area contributed by atoms with E-state index in [0.29, 0.717) is 29.2 Å². The van der Waals surface area contributed by atoms with Gasteiger partial charge in [-0.15, -0.1) is 5.10 Å². The number of carbonyl (C=O) groups is 1. The van der Waals surface area contributed by atoms with Crippen LogP contribution in [-0.4, -0.2) is 56.3 Å². The van der Waals surface area contributed by atoms with Crippen LogP contribution in [0.4, 0.5) is 5.82 Å². The van der Waals surface area contributed by atoms with Gasteiger partial charge in [0.05, 0.1) is 19.9 Å². The molecule has 13 nitrogen and oxygen atoms in total. The van der Waals surface area contributed by atoms with Crippen molar-refractivity contribution in [2.24, 2.45) is 5.10 Å². The van der Waals surface area contributed by atoms with E-state index in [0.717, 1.165) is 0 Å². The Balaban J connectivity index is 1.65. The Morgan fingerprint density at radius 3 is 2.88 bits per heavy atom. The first-order valence-electron chi connectivity index (χ1n) is 9.99. The molecule has 0 fully saturated rings. The van der Waals surface area contributed by atoms with Gasteiger partial charge in [0, 0.05) is 5.56 Å². The van der Waals surface area contributed by atoms with Crippen molar-refractivity contribution in [3.05, 3.63) is 53.7 Å². The Labute approximate surface area is 192 Å². The number of methoxy groups -OCH3 is 1. The van der Waals surface area contributed by atoms with E-state index in [1.165, 1.54) is 24.1 Å². The van der Waals surface area contributed by atoms with Gasteiger partial charge in [0.25, 0.3) is 5.91 Å². The number of phenolic OH excluding ortho intramolecular Hbond substituents is 1. The molecule has 0 atom stereocenters. The molecule has 0 aliphatic heterocycles. The predicted molar refractivity (Wildman–Crippen MR) is 120 cm³/mol. The van der Waals surface area contributed by atoms with Crippen molar-refractivity contribution in [2.45, 2.75) is 6.92 Å². The third kappa shape index (κ3) is 4.48. The molecular weight excluding hydrogens is 444 g/mol. The fourth-order valence-corrected chi connectivity index (χ4v) is 3.05. The molecule has 2 aromatic heterocycles. The molecule has 13 heteroatoms. The van der Waals surface area contributed by atoms with Gasteiger partial charge >= 0.3 is 0 Å². The van der Waals surface area contributed by atoms with Crippen LogP contribution in [0.1, 0.15) is 23.0 Å². The molecule has 4 N–H and O–H groups in total. The zero-order valence-electron chi connectivity index (χ0n) is 18.2. The van der Waals surface area contributed by atoms with Crippen LogP contribution in [0.5, 0.6) is 17.2 Å². The second kappa shape index (κ2) is 9.68. The second-order valence-corrected chi connectivity index (χ2v) is 6.76. The first-order chi connectivity index (χ1) is 16.5. The minimum Gasteiger partial charge on any atom is -0.504 e. The normalized spacial score (nSPS) is 11.0. The maximum atomic E-state index is 12.9. The maximum absolute atomic E-state index is 12.9. The third-order valence-electron chi connectivity index (χ3n) is 4.59. The van der Waals surface area contributed by atoms with Gasteiger partial charge < -0.3 is 20.3 Å². The Morgan fingerprint density at radius 2 is 2.15 bits per heavy atom. The van der Waals surface area contributed by atoms with E-state index in [1.54, 1.807) is 43.3 Å². The Kier molecular flexibility index (Phi) is 6.34. The number of aromatic nitrogens is 5. The topological polar surface area (TPSA) is 176 Å².